The van der Waals surface area contributed by atoms with Crippen LogP contribution in [0.1, 0.15) is 284 Å². The Balaban J connectivity index is 3.44. The number of aliphatic hydroxyl groups is 2. The normalized spacial score (nSPS) is 12.9. The van der Waals surface area contributed by atoms with Crippen LogP contribution in [-0.4, -0.2) is 47.4 Å². The van der Waals surface area contributed by atoms with E-state index in [1.165, 1.54) is 205 Å². The third kappa shape index (κ3) is 47.6. The van der Waals surface area contributed by atoms with Crippen molar-refractivity contribution in [2.75, 3.05) is 13.2 Å². The van der Waals surface area contributed by atoms with Gasteiger partial charge < -0.3 is 20.3 Å². The lowest BCUT2D eigenvalue weighted by Gasteiger charge is -2.20. The number of rotatable bonds is 50. The van der Waals surface area contributed by atoms with Gasteiger partial charge >= 0.3 is 5.97 Å². The highest BCUT2D eigenvalue weighted by molar-refractivity contribution is 5.76. The molecule has 0 saturated carbocycles. The van der Waals surface area contributed by atoms with E-state index in [2.05, 4.69) is 43.5 Å². The van der Waals surface area contributed by atoms with Crippen LogP contribution in [-0.2, 0) is 14.3 Å². The Morgan fingerprint density at radius 3 is 1.15 bits per heavy atom. The number of hydrogen-bond donors (Lipinski definition) is 3. The Morgan fingerprint density at radius 2 is 0.758 bits per heavy atom. The number of hydrogen-bond acceptors (Lipinski definition) is 5. The van der Waals surface area contributed by atoms with Crippen molar-refractivity contribution >= 4 is 11.9 Å². The molecule has 62 heavy (non-hydrogen) atoms. The van der Waals surface area contributed by atoms with Gasteiger partial charge in [0.2, 0.25) is 5.91 Å². The molecule has 0 aromatic rings. The first kappa shape index (κ1) is 60.1. The second-order valence-corrected chi connectivity index (χ2v) is 18.5. The molecule has 0 aromatic heterocycles. The van der Waals surface area contributed by atoms with Gasteiger partial charge in [0.15, 0.2) is 0 Å². The van der Waals surface area contributed by atoms with Crippen molar-refractivity contribution in [2.24, 2.45) is 0 Å². The molecular weight excluding hydrogens is 767 g/mol. The Morgan fingerprint density at radius 1 is 0.435 bits per heavy atom. The van der Waals surface area contributed by atoms with Gasteiger partial charge in [-0.15, -0.1) is 0 Å². The molecular formula is C56H105NO5. The average molecular weight is 872 g/mol. The monoisotopic (exact) mass is 872 g/mol. The minimum Gasteiger partial charge on any atom is -0.466 e. The van der Waals surface area contributed by atoms with Crippen LogP contribution in [0.25, 0.3) is 0 Å². The molecule has 0 fully saturated rings. The van der Waals surface area contributed by atoms with Crippen LogP contribution in [0.2, 0.25) is 0 Å². The van der Waals surface area contributed by atoms with Crippen molar-refractivity contribution in [1.82, 2.24) is 5.32 Å². The molecule has 364 valence electrons. The number of aliphatic hydroxyl groups excluding tert-OH is 2. The number of carbonyl (C=O) groups excluding carboxylic acids is 2. The van der Waals surface area contributed by atoms with E-state index < -0.39 is 12.1 Å². The zero-order chi connectivity index (χ0) is 45.1. The van der Waals surface area contributed by atoms with E-state index in [4.69, 9.17) is 4.74 Å². The van der Waals surface area contributed by atoms with E-state index in [1.54, 1.807) is 6.08 Å². The van der Waals surface area contributed by atoms with Crippen molar-refractivity contribution < 1.29 is 24.5 Å². The summed E-state index contributed by atoms with van der Waals surface area (Å²) in [5.41, 5.74) is 0. The predicted octanol–water partition coefficient (Wildman–Crippen LogP) is 16.5. The summed E-state index contributed by atoms with van der Waals surface area (Å²) in [6.45, 7) is 4.86. The number of esters is 1. The zero-order valence-corrected chi connectivity index (χ0v) is 41.4. The second kappa shape index (κ2) is 51.7. The fraction of sp³-hybridized carbons (Fsp3) is 0.857. The number of ether oxygens (including phenoxy) is 1. The average Bonchev–Trinajstić information content (AvgIpc) is 3.27. The van der Waals surface area contributed by atoms with Crippen molar-refractivity contribution in [3.05, 3.63) is 36.5 Å². The van der Waals surface area contributed by atoms with Crippen LogP contribution in [0.15, 0.2) is 36.5 Å². The van der Waals surface area contributed by atoms with E-state index >= 15 is 0 Å². The molecule has 0 aliphatic heterocycles. The van der Waals surface area contributed by atoms with Gasteiger partial charge in [-0.2, -0.15) is 0 Å². The highest BCUT2D eigenvalue weighted by atomic mass is 16.5. The number of allylic oxidation sites excluding steroid dienone is 5. The molecule has 0 spiro atoms. The maximum absolute atomic E-state index is 12.4. The molecule has 0 saturated heterocycles. The Kier molecular flexibility index (Phi) is 50.1. The maximum atomic E-state index is 12.4. The van der Waals surface area contributed by atoms with E-state index in [9.17, 15) is 19.8 Å². The lowest BCUT2D eigenvalue weighted by molar-refractivity contribution is -0.143. The van der Waals surface area contributed by atoms with Crippen LogP contribution in [0.4, 0.5) is 0 Å². The summed E-state index contributed by atoms with van der Waals surface area (Å²) in [4.78, 5) is 24.4. The minimum absolute atomic E-state index is 0.00485. The molecule has 0 aliphatic rings. The summed E-state index contributed by atoms with van der Waals surface area (Å²) in [6.07, 6.45) is 63.0. The van der Waals surface area contributed by atoms with Gasteiger partial charge in [0.05, 0.1) is 25.4 Å². The van der Waals surface area contributed by atoms with E-state index in [0.29, 0.717) is 19.4 Å². The molecule has 0 rings (SSSR count). The molecule has 3 N–H and O–H groups in total. The lowest BCUT2D eigenvalue weighted by atomic mass is 10.1. The molecule has 2 unspecified atom stereocenters. The van der Waals surface area contributed by atoms with Gasteiger partial charge in [-0.1, -0.05) is 224 Å². The summed E-state index contributed by atoms with van der Waals surface area (Å²) >= 11 is 0. The molecule has 2 atom stereocenters. The van der Waals surface area contributed by atoms with E-state index in [1.807, 2.05) is 6.08 Å². The smallest absolute Gasteiger partial charge is 0.305 e. The molecule has 6 heteroatoms. The summed E-state index contributed by atoms with van der Waals surface area (Å²) in [6, 6.07) is -0.633. The van der Waals surface area contributed by atoms with Crippen molar-refractivity contribution in [1.29, 1.82) is 0 Å². The number of unbranched alkanes of at least 4 members (excludes halogenated alkanes) is 35. The SMILES string of the molecule is CCCCCCCCC/C=C\CCCCCCCC(=O)OCCCCCCCCCC/C=C\CCCCCCCCCC(=O)NC(CO)C(O)/C=C/CCCCCCCCCC. The Labute approximate surface area is 385 Å². The molecule has 0 aromatic carbocycles. The summed E-state index contributed by atoms with van der Waals surface area (Å²) in [5, 5.41) is 22.9. The van der Waals surface area contributed by atoms with Gasteiger partial charge in [0.25, 0.3) is 0 Å². The Bertz CT molecular complexity index is 1010. The minimum atomic E-state index is -0.849. The highest BCUT2D eigenvalue weighted by Crippen LogP contribution is 2.15. The lowest BCUT2D eigenvalue weighted by Crippen LogP contribution is -2.45. The first-order valence-electron chi connectivity index (χ1n) is 27.3. The number of carbonyl (C=O) groups is 2. The zero-order valence-electron chi connectivity index (χ0n) is 41.4. The van der Waals surface area contributed by atoms with Gasteiger partial charge in [0, 0.05) is 12.8 Å². The van der Waals surface area contributed by atoms with Gasteiger partial charge in [-0.05, 0) is 83.5 Å². The first-order valence-corrected chi connectivity index (χ1v) is 27.3. The summed E-state index contributed by atoms with van der Waals surface area (Å²) < 4.78 is 5.47. The third-order valence-corrected chi connectivity index (χ3v) is 12.4. The van der Waals surface area contributed by atoms with Crippen LogP contribution in [0.5, 0.6) is 0 Å². The van der Waals surface area contributed by atoms with Gasteiger partial charge in [0.1, 0.15) is 0 Å². The fourth-order valence-electron chi connectivity index (χ4n) is 8.15. The van der Waals surface area contributed by atoms with E-state index in [0.717, 1.165) is 51.4 Å². The van der Waals surface area contributed by atoms with Crippen molar-refractivity contribution in [3.63, 3.8) is 0 Å². The van der Waals surface area contributed by atoms with Crippen molar-refractivity contribution in [2.45, 2.75) is 296 Å². The molecule has 0 radical (unpaired) electrons. The van der Waals surface area contributed by atoms with Crippen LogP contribution < -0.4 is 5.32 Å². The summed E-state index contributed by atoms with van der Waals surface area (Å²) in [5.74, 6) is -0.0852. The molecule has 1 amide bonds. The number of nitrogens with one attached hydrogen (secondary N) is 1. The first-order chi connectivity index (χ1) is 30.5. The highest BCUT2D eigenvalue weighted by Gasteiger charge is 2.18. The standard InChI is InChI=1S/C56H105NO5/c1-3-5-7-9-11-13-15-16-17-24-27-30-34-38-42-46-50-56(61)62-51-47-43-39-35-31-28-25-22-20-18-19-21-23-26-29-33-37-41-45-49-55(60)57-53(52-58)54(59)48-44-40-36-32-14-12-10-8-6-4-2/h17-19,24,44,48,53-54,58-59H,3-16,20-23,25-43,45-47,49-52H2,1-2H3,(H,57,60)/b19-18-,24-17-,48-44+. The van der Waals surface area contributed by atoms with Crippen LogP contribution in [0.3, 0.4) is 0 Å². The quantitative estimate of drug-likeness (QED) is 0.0321. The Hall–Kier alpha value is -1.92. The summed E-state index contributed by atoms with van der Waals surface area (Å²) in [7, 11) is 0. The van der Waals surface area contributed by atoms with E-state index in [-0.39, 0.29) is 18.5 Å². The molecule has 6 nitrogen and oxygen atoms in total. The van der Waals surface area contributed by atoms with Crippen LogP contribution in [0, 0.1) is 0 Å². The maximum Gasteiger partial charge on any atom is 0.305 e. The predicted molar refractivity (Wildman–Crippen MR) is 269 cm³/mol. The third-order valence-electron chi connectivity index (χ3n) is 12.4. The molecule has 0 bridgehead atoms. The largest absolute Gasteiger partial charge is 0.466 e. The van der Waals surface area contributed by atoms with Crippen LogP contribution >= 0.6 is 0 Å². The molecule has 0 heterocycles. The van der Waals surface area contributed by atoms with Gasteiger partial charge in [-0.3, -0.25) is 9.59 Å². The van der Waals surface area contributed by atoms with Crippen molar-refractivity contribution in [3.8, 4) is 0 Å². The second-order valence-electron chi connectivity index (χ2n) is 18.5. The number of amides is 1. The molecule has 0 aliphatic carbocycles. The fourth-order valence-corrected chi connectivity index (χ4v) is 8.15. The topological polar surface area (TPSA) is 95.9 Å². The van der Waals surface area contributed by atoms with Gasteiger partial charge in [-0.25, -0.2) is 0 Å².